The van der Waals surface area contributed by atoms with Gasteiger partial charge in [-0.05, 0) is 0 Å². The molecule has 13 heavy (non-hydrogen) atoms. The molecule has 0 heterocycles. The van der Waals surface area contributed by atoms with Crippen LogP contribution in [0.5, 0.6) is 0 Å². The van der Waals surface area contributed by atoms with Crippen LogP contribution >= 0.6 is 0 Å². The fourth-order valence-corrected chi connectivity index (χ4v) is 0. The van der Waals surface area contributed by atoms with Gasteiger partial charge in [-0.2, -0.15) is 0 Å². The average molecular weight is 208 g/mol. The summed E-state index contributed by atoms with van der Waals surface area (Å²) in [5, 5.41) is 35.7. The molecule has 0 rings (SSSR count). The van der Waals surface area contributed by atoms with E-state index in [1.165, 1.54) is 0 Å². The first-order valence-electron chi connectivity index (χ1n) is 3.98. The Kier molecular flexibility index (Phi) is 201. The topological polar surface area (TPSA) is 92.2 Å². The summed E-state index contributed by atoms with van der Waals surface area (Å²) in [4.78, 5) is 0. The van der Waals surface area contributed by atoms with Gasteiger partial charge in [0.2, 0.25) is 0 Å². The van der Waals surface area contributed by atoms with E-state index in [-0.39, 0.29) is 37.4 Å². The van der Waals surface area contributed by atoms with Crippen molar-refractivity contribution in [2.75, 3.05) is 26.4 Å². The predicted molar refractivity (Wildman–Crippen MR) is 47.9 cm³/mol. The molecule has 0 radical (unpaired) electrons. The Morgan fingerprint density at radius 2 is 0.538 bits per heavy atom. The molecule has 0 atom stereocenters. The van der Waals surface area contributed by atoms with Gasteiger partial charge in [-0.25, -0.2) is 0 Å². The van der Waals surface area contributed by atoms with Gasteiger partial charge < -0.3 is 20.4 Å². The molecule has 0 fully saturated rings. The van der Waals surface area contributed by atoms with Crippen LogP contribution in [-0.4, -0.2) is 37.4 Å². The zero-order chi connectivity index (χ0) is 10.8. The van der Waals surface area contributed by atoms with Crippen molar-refractivity contribution in [3.8, 4) is 0 Å². The summed E-state index contributed by atoms with van der Waals surface area (Å²) in [5.74, 6) is 0. The fourth-order valence-electron chi connectivity index (χ4n) is 0. The van der Waals surface area contributed by atoms with Crippen molar-refractivity contribution in [3.63, 3.8) is 0 Å². The molecule has 0 aliphatic rings. The molecule has 0 aliphatic carbocycles. The normalized spacial score (nSPS) is 5.54. The van der Waals surface area contributed by atoms with Gasteiger partial charge in [-0.1, -0.05) is 27.7 Å². The fraction of sp³-hybridized carbons (Fsp3) is 1.00. The molecule has 5 heteroatoms. The third-order valence-corrected chi connectivity index (χ3v) is 0. The second kappa shape index (κ2) is 89.6. The van der Waals surface area contributed by atoms with Crippen LogP contribution in [0.2, 0.25) is 0 Å². The van der Waals surface area contributed by atoms with Crippen molar-refractivity contribution in [3.05, 3.63) is 0 Å². The first-order chi connectivity index (χ1) is 5.66. The largest absolute Gasteiger partial charge is 4.00 e. The molecule has 0 aromatic rings. The average Bonchev–Trinajstić information content (AvgIpc) is 1.92. The van der Waals surface area contributed by atoms with E-state index in [0.717, 1.165) is 0 Å². The number of hydrogen-bond acceptors (Lipinski definition) is 4. The molecule has 0 aromatic carbocycles. The third kappa shape index (κ3) is 377000. The van der Waals surface area contributed by atoms with Crippen molar-refractivity contribution >= 4 is 11.0 Å². The molecule has 0 spiro atoms. The Morgan fingerprint density at radius 3 is 0.538 bits per heavy atom. The third-order valence-electron chi connectivity index (χ3n) is 0. The van der Waals surface area contributed by atoms with Crippen LogP contribution in [0.15, 0.2) is 0 Å². The maximum atomic E-state index is 8.93. The Labute approximate surface area is 86.3 Å². The molecule has 4 nitrogen and oxygen atoms in total. The Bertz CT molecular complexity index is 24.1. The number of hydrogen-bond donors (Lipinski definition) is 0. The molecule has 0 saturated carbocycles. The monoisotopic (exact) mass is 208 g/mol. The minimum atomic E-state index is 0. The summed E-state index contributed by atoms with van der Waals surface area (Å²) in [6.45, 7) is 6.28. The van der Waals surface area contributed by atoms with Gasteiger partial charge in [0.1, 0.15) is 0 Å². The van der Waals surface area contributed by atoms with Gasteiger partial charge >= 0.3 is 11.0 Å². The van der Waals surface area contributed by atoms with E-state index in [4.69, 9.17) is 20.4 Å². The quantitative estimate of drug-likeness (QED) is 0.399. The van der Waals surface area contributed by atoms with E-state index in [1.54, 1.807) is 27.7 Å². The summed E-state index contributed by atoms with van der Waals surface area (Å²) in [6, 6.07) is 0. The zero-order valence-electron chi connectivity index (χ0n) is 8.96. The summed E-state index contributed by atoms with van der Waals surface area (Å²) in [5.41, 5.74) is 0. The molecule has 0 N–H and O–H groups in total. The van der Waals surface area contributed by atoms with Gasteiger partial charge in [0.05, 0.1) is 0 Å². The summed E-state index contributed by atoms with van der Waals surface area (Å²) in [7, 11) is 0. The minimum Gasteiger partial charge on any atom is -0.855 e. The molecular weight excluding hydrogens is 188 g/mol. The van der Waals surface area contributed by atoms with E-state index in [9.17, 15) is 0 Å². The van der Waals surface area contributed by atoms with Crippen molar-refractivity contribution < 1.29 is 20.4 Å². The number of rotatable bonds is 0. The van der Waals surface area contributed by atoms with E-state index >= 15 is 0 Å². The predicted octanol–water partition coefficient (Wildman–Crippen LogP) is -2.91. The van der Waals surface area contributed by atoms with Gasteiger partial charge in [0.15, 0.2) is 0 Å². The van der Waals surface area contributed by atoms with Crippen molar-refractivity contribution in [1.29, 1.82) is 0 Å². The second-order valence-corrected chi connectivity index (χ2v) is 1.15. The maximum Gasteiger partial charge on any atom is 4.00 e. The van der Waals surface area contributed by atoms with Crippen molar-refractivity contribution in [1.82, 2.24) is 0 Å². The Morgan fingerprint density at radius 1 is 0.538 bits per heavy atom. The van der Waals surface area contributed by atoms with Gasteiger partial charge in [-0.15, -0.1) is 26.4 Å². The molecular formula is C8H20O4Si. The zero-order valence-corrected chi connectivity index (χ0v) is 9.96. The SMILES string of the molecule is CC[O-].CC[O-].CC[O-].CC[O-].[Si+4]. The van der Waals surface area contributed by atoms with Crippen molar-refractivity contribution in [2.45, 2.75) is 27.7 Å². The van der Waals surface area contributed by atoms with Crippen LogP contribution in [0.1, 0.15) is 27.7 Å². The molecule has 0 bridgehead atoms. The van der Waals surface area contributed by atoms with E-state index < -0.39 is 0 Å². The molecule has 0 aliphatic heterocycles. The molecule has 0 unspecified atom stereocenters. The molecule has 80 valence electrons. The van der Waals surface area contributed by atoms with E-state index in [2.05, 4.69) is 0 Å². The van der Waals surface area contributed by atoms with Crippen LogP contribution in [0, 0.1) is 0 Å². The van der Waals surface area contributed by atoms with Crippen molar-refractivity contribution in [2.24, 2.45) is 0 Å². The van der Waals surface area contributed by atoms with E-state index in [1.807, 2.05) is 0 Å². The minimum absolute atomic E-state index is 0. The van der Waals surface area contributed by atoms with Gasteiger partial charge in [0.25, 0.3) is 0 Å². The second-order valence-electron chi connectivity index (χ2n) is 1.15. The van der Waals surface area contributed by atoms with Crippen LogP contribution in [0.3, 0.4) is 0 Å². The molecule has 0 saturated heterocycles. The first-order valence-corrected chi connectivity index (χ1v) is 3.98. The van der Waals surface area contributed by atoms with Crippen LogP contribution in [-0.2, 0) is 0 Å². The van der Waals surface area contributed by atoms with Gasteiger partial charge in [0, 0.05) is 0 Å². The maximum absolute atomic E-state index is 8.93. The van der Waals surface area contributed by atoms with Crippen LogP contribution in [0.4, 0.5) is 0 Å². The molecule has 0 amide bonds. The summed E-state index contributed by atoms with van der Waals surface area (Å²) >= 11 is 0. The Hall–Kier alpha value is 0.0569. The Balaban J connectivity index is -0.0000000213. The van der Waals surface area contributed by atoms with Crippen LogP contribution < -0.4 is 20.4 Å². The standard InChI is InChI=1S/4C2H5O.Si/c4*1-2-3;/h4*2H2,1H3;/q4*-1;+4. The summed E-state index contributed by atoms with van der Waals surface area (Å²) in [6.07, 6.45) is 0. The summed E-state index contributed by atoms with van der Waals surface area (Å²) < 4.78 is 0. The smallest absolute Gasteiger partial charge is 0.855 e. The molecule has 0 aromatic heterocycles. The van der Waals surface area contributed by atoms with Crippen LogP contribution in [0.25, 0.3) is 0 Å². The van der Waals surface area contributed by atoms with Gasteiger partial charge in [-0.3, -0.25) is 0 Å². The van der Waals surface area contributed by atoms with E-state index in [0.29, 0.717) is 0 Å². The first kappa shape index (κ1) is 29.2.